The van der Waals surface area contributed by atoms with Crippen LogP contribution in [-0.4, -0.2) is 29.3 Å². The molecule has 0 bridgehead atoms. The van der Waals surface area contributed by atoms with Gasteiger partial charge in [-0.25, -0.2) is 0 Å². The summed E-state index contributed by atoms with van der Waals surface area (Å²) < 4.78 is 5.89. The number of nitrogens with zero attached hydrogens (tertiary/aromatic N) is 3. The topological polar surface area (TPSA) is 54.2 Å². The number of piperidine rings is 1. The minimum absolute atomic E-state index is 0.135. The molecule has 0 spiro atoms. The quantitative estimate of drug-likeness (QED) is 0.905. The number of nitrogens with one attached hydrogen (secondary N) is 1. The Morgan fingerprint density at radius 3 is 3.00 bits per heavy atom. The number of aromatic nitrogens is 2. The molecule has 0 radical (unpaired) electrons. The summed E-state index contributed by atoms with van der Waals surface area (Å²) in [5.74, 6) is 1.55. The first kappa shape index (κ1) is 12.9. The fourth-order valence-corrected chi connectivity index (χ4v) is 3.60. The van der Waals surface area contributed by atoms with Gasteiger partial charge in [0.25, 0.3) is 0 Å². The van der Waals surface area contributed by atoms with Gasteiger partial charge in [0.2, 0.25) is 5.89 Å². The van der Waals surface area contributed by atoms with E-state index in [2.05, 4.69) is 34.3 Å². The van der Waals surface area contributed by atoms with Crippen LogP contribution < -0.4 is 10.2 Å². The van der Waals surface area contributed by atoms with E-state index in [0.717, 1.165) is 25.0 Å². The van der Waals surface area contributed by atoms with Crippen LogP contribution in [0.25, 0.3) is 0 Å². The lowest BCUT2D eigenvalue weighted by Gasteiger charge is -2.36. The Morgan fingerprint density at radius 2 is 2.16 bits per heavy atom. The SMILES string of the molecule is CCNC(C)c1nnc(N2CCCC3CCCC32)o1. The zero-order chi connectivity index (χ0) is 13.2. The predicted molar refractivity (Wildman–Crippen MR) is 74.1 cm³/mol. The van der Waals surface area contributed by atoms with Gasteiger partial charge in [-0.3, -0.25) is 0 Å². The maximum atomic E-state index is 5.89. The zero-order valence-electron chi connectivity index (χ0n) is 11.9. The van der Waals surface area contributed by atoms with Crippen LogP contribution in [-0.2, 0) is 0 Å². The highest BCUT2D eigenvalue weighted by Crippen LogP contribution is 2.38. The van der Waals surface area contributed by atoms with Crippen LogP contribution in [0.3, 0.4) is 0 Å². The average molecular weight is 264 g/mol. The van der Waals surface area contributed by atoms with Crippen LogP contribution >= 0.6 is 0 Å². The van der Waals surface area contributed by atoms with Crippen LogP contribution in [0.5, 0.6) is 0 Å². The molecule has 3 rings (SSSR count). The van der Waals surface area contributed by atoms with Gasteiger partial charge < -0.3 is 14.6 Å². The second kappa shape index (κ2) is 5.49. The minimum Gasteiger partial charge on any atom is -0.406 e. The lowest BCUT2D eigenvalue weighted by molar-refractivity contribution is 0.334. The Kier molecular flexibility index (Phi) is 3.73. The molecule has 106 valence electrons. The lowest BCUT2D eigenvalue weighted by Crippen LogP contribution is -2.42. The second-order valence-electron chi connectivity index (χ2n) is 5.80. The first-order chi connectivity index (χ1) is 9.29. The number of anilines is 1. The molecule has 1 saturated carbocycles. The molecule has 0 aromatic carbocycles. The van der Waals surface area contributed by atoms with Crippen LogP contribution in [0, 0.1) is 5.92 Å². The molecule has 1 aliphatic heterocycles. The number of hydrogen-bond donors (Lipinski definition) is 1. The van der Waals surface area contributed by atoms with Crippen LogP contribution in [0.4, 0.5) is 6.01 Å². The molecule has 1 aromatic heterocycles. The van der Waals surface area contributed by atoms with E-state index >= 15 is 0 Å². The van der Waals surface area contributed by atoms with Gasteiger partial charge >= 0.3 is 6.01 Å². The summed E-state index contributed by atoms with van der Waals surface area (Å²) in [5, 5.41) is 11.8. The summed E-state index contributed by atoms with van der Waals surface area (Å²) in [4.78, 5) is 2.36. The van der Waals surface area contributed by atoms with Gasteiger partial charge in [0.05, 0.1) is 6.04 Å². The highest BCUT2D eigenvalue weighted by molar-refractivity contribution is 5.29. The third-order valence-electron chi connectivity index (χ3n) is 4.55. The summed E-state index contributed by atoms with van der Waals surface area (Å²) in [5.41, 5.74) is 0. The Labute approximate surface area is 114 Å². The third kappa shape index (κ3) is 2.48. The van der Waals surface area contributed by atoms with Gasteiger partial charge in [0.1, 0.15) is 0 Å². The maximum absolute atomic E-state index is 5.89. The zero-order valence-corrected chi connectivity index (χ0v) is 11.9. The van der Waals surface area contributed by atoms with E-state index < -0.39 is 0 Å². The summed E-state index contributed by atoms with van der Waals surface area (Å²) in [6.07, 6.45) is 6.62. The first-order valence-electron chi connectivity index (χ1n) is 7.63. The van der Waals surface area contributed by atoms with E-state index in [-0.39, 0.29) is 6.04 Å². The van der Waals surface area contributed by atoms with Crippen molar-refractivity contribution in [2.45, 2.75) is 58.0 Å². The average Bonchev–Trinajstić information content (AvgIpc) is 3.07. The number of fused-ring (bicyclic) bond motifs is 1. The molecule has 2 heterocycles. The first-order valence-corrected chi connectivity index (χ1v) is 7.63. The van der Waals surface area contributed by atoms with E-state index in [9.17, 15) is 0 Å². The van der Waals surface area contributed by atoms with Crippen molar-refractivity contribution in [1.29, 1.82) is 0 Å². The van der Waals surface area contributed by atoms with E-state index in [0.29, 0.717) is 11.9 Å². The highest BCUT2D eigenvalue weighted by Gasteiger charge is 2.37. The van der Waals surface area contributed by atoms with Crippen molar-refractivity contribution in [3.8, 4) is 0 Å². The molecule has 2 aliphatic rings. The summed E-state index contributed by atoms with van der Waals surface area (Å²) in [6, 6.07) is 1.50. The lowest BCUT2D eigenvalue weighted by atomic mass is 9.92. The Morgan fingerprint density at radius 1 is 1.32 bits per heavy atom. The minimum atomic E-state index is 0.135. The van der Waals surface area contributed by atoms with Crippen molar-refractivity contribution in [2.24, 2.45) is 5.92 Å². The molecule has 2 fully saturated rings. The number of rotatable bonds is 4. The maximum Gasteiger partial charge on any atom is 0.318 e. The van der Waals surface area contributed by atoms with Gasteiger partial charge in [-0.15, -0.1) is 5.10 Å². The van der Waals surface area contributed by atoms with Crippen LogP contribution in [0.15, 0.2) is 4.42 Å². The molecule has 1 aromatic rings. The highest BCUT2D eigenvalue weighted by atomic mass is 16.4. The standard InChI is InChI=1S/C14H24N4O/c1-3-15-10(2)13-16-17-14(19-13)18-9-5-7-11-6-4-8-12(11)18/h10-12,15H,3-9H2,1-2H3. The van der Waals surface area contributed by atoms with Crippen molar-refractivity contribution in [2.75, 3.05) is 18.0 Å². The Bertz CT molecular complexity index is 419. The fraction of sp³-hybridized carbons (Fsp3) is 0.857. The van der Waals surface area contributed by atoms with Crippen molar-refractivity contribution < 1.29 is 4.42 Å². The van der Waals surface area contributed by atoms with E-state index in [1.165, 1.54) is 32.1 Å². The van der Waals surface area contributed by atoms with Gasteiger partial charge in [-0.2, -0.15) is 0 Å². The largest absolute Gasteiger partial charge is 0.406 e. The van der Waals surface area contributed by atoms with Crippen molar-refractivity contribution in [3.63, 3.8) is 0 Å². The van der Waals surface area contributed by atoms with Crippen LogP contribution in [0.2, 0.25) is 0 Å². The molecular formula is C14H24N4O. The summed E-state index contributed by atoms with van der Waals surface area (Å²) in [6.45, 7) is 6.13. The van der Waals surface area contributed by atoms with E-state index in [1.807, 2.05) is 0 Å². The molecule has 5 nitrogen and oxygen atoms in total. The molecule has 1 saturated heterocycles. The predicted octanol–water partition coefficient (Wildman–Crippen LogP) is 2.51. The monoisotopic (exact) mass is 264 g/mol. The molecule has 19 heavy (non-hydrogen) atoms. The van der Waals surface area contributed by atoms with Gasteiger partial charge in [-0.1, -0.05) is 18.4 Å². The third-order valence-corrected chi connectivity index (χ3v) is 4.55. The Balaban J connectivity index is 1.74. The van der Waals surface area contributed by atoms with Crippen molar-refractivity contribution in [1.82, 2.24) is 15.5 Å². The summed E-state index contributed by atoms with van der Waals surface area (Å²) >= 11 is 0. The van der Waals surface area contributed by atoms with E-state index in [1.54, 1.807) is 0 Å². The molecule has 0 amide bonds. The van der Waals surface area contributed by atoms with Gasteiger partial charge in [-0.05, 0) is 45.1 Å². The summed E-state index contributed by atoms with van der Waals surface area (Å²) in [7, 11) is 0. The number of hydrogen-bond acceptors (Lipinski definition) is 5. The molecule has 5 heteroatoms. The molecular weight excluding hydrogens is 240 g/mol. The normalized spacial score (nSPS) is 28.4. The Hall–Kier alpha value is -1.10. The van der Waals surface area contributed by atoms with Gasteiger partial charge in [0.15, 0.2) is 0 Å². The van der Waals surface area contributed by atoms with Crippen molar-refractivity contribution in [3.05, 3.63) is 5.89 Å². The van der Waals surface area contributed by atoms with Crippen molar-refractivity contribution >= 4 is 6.01 Å². The fourth-order valence-electron chi connectivity index (χ4n) is 3.60. The molecule has 3 unspecified atom stereocenters. The molecule has 3 atom stereocenters. The van der Waals surface area contributed by atoms with Gasteiger partial charge in [0, 0.05) is 12.6 Å². The van der Waals surface area contributed by atoms with E-state index in [4.69, 9.17) is 4.42 Å². The smallest absolute Gasteiger partial charge is 0.318 e. The molecule has 1 aliphatic carbocycles. The molecule has 1 N–H and O–H groups in total. The van der Waals surface area contributed by atoms with Crippen LogP contribution in [0.1, 0.15) is 57.9 Å². The second-order valence-corrected chi connectivity index (χ2v) is 5.80.